The minimum atomic E-state index is 0.341. The van der Waals surface area contributed by atoms with Gasteiger partial charge in [-0.3, -0.25) is 4.90 Å². The predicted octanol–water partition coefficient (Wildman–Crippen LogP) is 4.75. The highest BCUT2D eigenvalue weighted by molar-refractivity contribution is 5.87. The molecule has 1 heterocycles. The molecule has 2 heteroatoms. The molecular weight excluding hydrogens is 270 g/mol. The number of fused-ring (bicyclic) bond motifs is 3. The van der Waals surface area contributed by atoms with Gasteiger partial charge in [-0.1, -0.05) is 60.7 Å². The van der Waals surface area contributed by atoms with Gasteiger partial charge in [0.15, 0.2) is 0 Å². The topological polar surface area (TPSA) is 12.5 Å². The molecule has 1 aliphatic rings. The largest absolute Gasteiger partial charge is 0.478 e. The van der Waals surface area contributed by atoms with E-state index in [2.05, 4.69) is 78.6 Å². The summed E-state index contributed by atoms with van der Waals surface area (Å²) in [6, 6.07) is 23.7. The molecule has 0 saturated carbocycles. The molecule has 3 aromatic rings. The van der Waals surface area contributed by atoms with Gasteiger partial charge in [0.1, 0.15) is 12.5 Å². The Hall–Kier alpha value is -2.32. The summed E-state index contributed by atoms with van der Waals surface area (Å²) >= 11 is 0. The Balaban J connectivity index is 1.70. The van der Waals surface area contributed by atoms with Crippen molar-refractivity contribution in [2.45, 2.75) is 19.5 Å². The van der Waals surface area contributed by atoms with E-state index >= 15 is 0 Å². The summed E-state index contributed by atoms with van der Waals surface area (Å²) in [6.45, 7) is 3.81. The average molecular weight is 289 g/mol. The maximum atomic E-state index is 6.01. The van der Waals surface area contributed by atoms with Crippen LogP contribution in [0.4, 0.5) is 0 Å². The summed E-state index contributed by atoms with van der Waals surface area (Å²) in [7, 11) is 0. The van der Waals surface area contributed by atoms with E-state index in [1.54, 1.807) is 0 Å². The number of rotatable bonds is 2. The van der Waals surface area contributed by atoms with Gasteiger partial charge in [0, 0.05) is 18.2 Å². The number of hydrogen-bond acceptors (Lipinski definition) is 2. The summed E-state index contributed by atoms with van der Waals surface area (Å²) in [4.78, 5) is 2.38. The molecule has 0 N–H and O–H groups in total. The molecule has 0 fully saturated rings. The SMILES string of the molecule is C[C@@H](c1ccccc1)N1COc2ccc3ccccc3c2C1. The van der Waals surface area contributed by atoms with Crippen molar-refractivity contribution in [3.05, 3.63) is 77.9 Å². The van der Waals surface area contributed by atoms with Gasteiger partial charge in [0.25, 0.3) is 0 Å². The Morgan fingerprint density at radius 3 is 2.55 bits per heavy atom. The van der Waals surface area contributed by atoms with Crippen LogP contribution < -0.4 is 4.74 Å². The molecule has 0 radical (unpaired) electrons. The van der Waals surface area contributed by atoms with Crippen molar-refractivity contribution < 1.29 is 4.74 Å². The summed E-state index contributed by atoms with van der Waals surface area (Å²) in [6.07, 6.45) is 0. The van der Waals surface area contributed by atoms with E-state index in [1.165, 1.54) is 21.9 Å². The highest BCUT2D eigenvalue weighted by atomic mass is 16.5. The van der Waals surface area contributed by atoms with Gasteiger partial charge in [0.05, 0.1) is 0 Å². The van der Waals surface area contributed by atoms with Gasteiger partial charge in [-0.25, -0.2) is 0 Å². The standard InChI is InChI=1S/C20H19NO/c1-15(16-7-3-2-4-8-16)21-13-19-18-10-6-5-9-17(18)11-12-20(19)22-14-21/h2-12,15H,13-14H2,1H3/t15-/m0/s1. The molecule has 22 heavy (non-hydrogen) atoms. The van der Waals surface area contributed by atoms with Crippen molar-refractivity contribution >= 4 is 10.8 Å². The Labute approximate surface area is 130 Å². The minimum absolute atomic E-state index is 0.341. The first-order valence-electron chi connectivity index (χ1n) is 7.75. The van der Waals surface area contributed by atoms with Crippen LogP contribution in [0, 0.1) is 0 Å². The number of ether oxygens (including phenoxy) is 1. The smallest absolute Gasteiger partial charge is 0.142 e. The van der Waals surface area contributed by atoms with Crippen LogP contribution in [-0.4, -0.2) is 11.6 Å². The molecule has 1 atom stereocenters. The van der Waals surface area contributed by atoms with Gasteiger partial charge in [-0.2, -0.15) is 0 Å². The maximum absolute atomic E-state index is 6.01. The molecule has 0 amide bonds. The van der Waals surface area contributed by atoms with Crippen molar-refractivity contribution in [3.8, 4) is 5.75 Å². The molecule has 2 nitrogen and oxygen atoms in total. The van der Waals surface area contributed by atoms with Crippen LogP contribution >= 0.6 is 0 Å². The molecule has 110 valence electrons. The fourth-order valence-corrected chi connectivity index (χ4v) is 3.21. The first-order valence-corrected chi connectivity index (χ1v) is 7.75. The third-order valence-corrected chi connectivity index (χ3v) is 4.57. The molecular formula is C20H19NO. The van der Waals surface area contributed by atoms with Gasteiger partial charge in [0.2, 0.25) is 0 Å². The highest BCUT2D eigenvalue weighted by Gasteiger charge is 2.23. The lowest BCUT2D eigenvalue weighted by Gasteiger charge is -2.34. The number of nitrogens with zero attached hydrogens (tertiary/aromatic N) is 1. The maximum Gasteiger partial charge on any atom is 0.142 e. The minimum Gasteiger partial charge on any atom is -0.478 e. The number of hydrogen-bond donors (Lipinski definition) is 0. The average Bonchev–Trinajstić information content (AvgIpc) is 2.61. The second-order valence-electron chi connectivity index (χ2n) is 5.87. The second-order valence-corrected chi connectivity index (χ2v) is 5.87. The molecule has 4 rings (SSSR count). The molecule has 0 saturated heterocycles. The monoisotopic (exact) mass is 289 g/mol. The first kappa shape index (κ1) is 13.4. The normalized spacial score (nSPS) is 16.0. The lowest BCUT2D eigenvalue weighted by atomic mass is 10.0. The summed E-state index contributed by atoms with van der Waals surface area (Å²) in [5.74, 6) is 1.02. The van der Waals surface area contributed by atoms with Crippen molar-refractivity contribution in [2.75, 3.05) is 6.73 Å². The van der Waals surface area contributed by atoms with Crippen LogP contribution in [0.5, 0.6) is 5.75 Å². The summed E-state index contributed by atoms with van der Waals surface area (Å²) < 4.78 is 6.01. The van der Waals surface area contributed by atoms with Crippen LogP contribution in [0.1, 0.15) is 24.1 Å². The van der Waals surface area contributed by atoms with E-state index in [0.717, 1.165) is 12.3 Å². The van der Waals surface area contributed by atoms with E-state index in [9.17, 15) is 0 Å². The van der Waals surface area contributed by atoms with Crippen molar-refractivity contribution in [2.24, 2.45) is 0 Å². The second kappa shape index (κ2) is 5.47. The van der Waals surface area contributed by atoms with Crippen LogP contribution in [0.25, 0.3) is 10.8 Å². The quantitative estimate of drug-likeness (QED) is 0.675. The fourth-order valence-electron chi connectivity index (χ4n) is 3.21. The first-order chi connectivity index (χ1) is 10.8. The summed E-state index contributed by atoms with van der Waals surface area (Å²) in [5.41, 5.74) is 2.63. The molecule has 0 aromatic heterocycles. The highest BCUT2D eigenvalue weighted by Crippen LogP contribution is 2.35. The van der Waals surface area contributed by atoms with Crippen LogP contribution in [0.15, 0.2) is 66.7 Å². The fraction of sp³-hybridized carbons (Fsp3) is 0.200. The van der Waals surface area contributed by atoms with Gasteiger partial charge in [-0.15, -0.1) is 0 Å². The van der Waals surface area contributed by atoms with Crippen molar-refractivity contribution in [3.63, 3.8) is 0 Å². The third-order valence-electron chi connectivity index (χ3n) is 4.57. The lowest BCUT2D eigenvalue weighted by Crippen LogP contribution is -2.34. The van der Waals surface area contributed by atoms with Gasteiger partial charge < -0.3 is 4.74 Å². The van der Waals surface area contributed by atoms with E-state index in [1.807, 2.05) is 0 Å². The van der Waals surface area contributed by atoms with E-state index in [4.69, 9.17) is 4.74 Å². The zero-order valence-corrected chi connectivity index (χ0v) is 12.7. The zero-order valence-electron chi connectivity index (χ0n) is 12.7. The molecule has 3 aromatic carbocycles. The zero-order chi connectivity index (χ0) is 14.9. The van der Waals surface area contributed by atoms with E-state index < -0.39 is 0 Å². The number of benzene rings is 3. The van der Waals surface area contributed by atoms with Crippen LogP contribution in [0.2, 0.25) is 0 Å². The Morgan fingerprint density at radius 1 is 0.909 bits per heavy atom. The Bertz CT molecular complexity index is 797. The molecule has 0 unspecified atom stereocenters. The molecule has 0 bridgehead atoms. The van der Waals surface area contributed by atoms with E-state index in [-0.39, 0.29) is 0 Å². The van der Waals surface area contributed by atoms with Crippen molar-refractivity contribution in [1.82, 2.24) is 4.90 Å². The Morgan fingerprint density at radius 2 is 1.68 bits per heavy atom. The molecule has 1 aliphatic heterocycles. The van der Waals surface area contributed by atoms with E-state index in [0.29, 0.717) is 12.8 Å². The lowest BCUT2D eigenvalue weighted by molar-refractivity contribution is 0.0626. The third kappa shape index (κ3) is 2.26. The predicted molar refractivity (Wildman–Crippen MR) is 89.8 cm³/mol. The van der Waals surface area contributed by atoms with Crippen LogP contribution in [-0.2, 0) is 6.54 Å². The van der Waals surface area contributed by atoms with Crippen molar-refractivity contribution in [1.29, 1.82) is 0 Å². The van der Waals surface area contributed by atoms with Crippen LogP contribution in [0.3, 0.4) is 0 Å². The van der Waals surface area contributed by atoms with Gasteiger partial charge in [-0.05, 0) is 29.3 Å². The molecule has 0 spiro atoms. The molecule has 0 aliphatic carbocycles. The summed E-state index contributed by atoms with van der Waals surface area (Å²) in [5, 5.41) is 2.57. The Kier molecular flexibility index (Phi) is 3.32. The van der Waals surface area contributed by atoms with Gasteiger partial charge >= 0.3 is 0 Å².